The second-order valence-corrected chi connectivity index (χ2v) is 8.21. The minimum atomic E-state index is -4.13. The molecule has 0 aliphatic carbocycles. The number of nitrogens with zero attached hydrogens (tertiary/aromatic N) is 1. The molecule has 1 heterocycles. The van der Waals surface area contributed by atoms with Gasteiger partial charge in [-0.25, -0.2) is 18.1 Å². The maximum Gasteiger partial charge on any atom is 0.270 e. The van der Waals surface area contributed by atoms with E-state index in [0.29, 0.717) is 5.56 Å². The average molecular weight is 405 g/mol. The molecule has 0 bridgehead atoms. The fourth-order valence-electron chi connectivity index (χ4n) is 2.20. The van der Waals surface area contributed by atoms with Gasteiger partial charge in [0.05, 0.1) is 12.0 Å². The van der Waals surface area contributed by atoms with Crippen LogP contribution in [0, 0.1) is 5.92 Å². The van der Waals surface area contributed by atoms with E-state index in [1.54, 1.807) is 0 Å². The number of hydrogen-bond acceptors (Lipinski definition) is 6. The highest BCUT2D eigenvalue weighted by atomic mass is 32.2. The molecule has 0 spiro atoms. The van der Waals surface area contributed by atoms with Crippen molar-refractivity contribution in [1.82, 2.24) is 15.0 Å². The highest BCUT2D eigenvalue weighted by Gasteiger charge is 2.22. The third kappa shape index (κ3) is 5.07. The van der Waals surface area contributed by atoms with E-state index in [1.807, 2.05) is 25.5 Å². The van der Waals surface area contributed by atoms with Gasteiger partial charge in [-0.1, -0.05) is 13.8 Å². The third-order valence-corrected chi connectivity index (χ3v) is 5.57. The first-order chi connectivity index (χ1) is 13.2. The Morgan fingerprint density at radius 1 is 1.04 bits per heavy atom. The molecule has 0 aliphatic rings. The predicted octanol–water partition coefficient (Wildman–Crippen LogP) is 1.98. The lowest BCUT2D eigenvalue weighted by Crippen LogP contribution is -2.36. The van der Waals surface area contributed by atoms with Gasteiger partial charge in [0.2, 0.25) is 5.88 Å². The zero-order chi connectivity index (χ0) is 20.9. The molecule has 0 saturated carbocycles. The first kappa shape index (κ1) is 21.4. The summed E-state index contributed by atoms with van der Waals surface area (Å²) in [5.41, 5.74) is 0.318. The summed E-state index contributed by atoms with van der Waals surface area (Å²) in [6.45, 7) is 5.87. The molecule has 1 aromatic carbocycles. The van der Waals surface area contributed by atoms with Crippen LogP contribution in [0.15, 0.2) is 47.5 Å². The number of ether oxygens (including phenoxy) is 1. The Balaban J connectivity index is 2.16. The molecule has 9 heteroatoms. The number of carbonyl (C=O) groups is 2. The van der Waals surface area contributed by atoms with Crippen LogP contribution in [0.2, 0.25) is 0 Å². The predicted molar refractivity (Wildman–Crippen MR) is 104 cm³/mol. The van der Waals surface area contributed by atoms with E-state index in [-0.39, 0.29) is 34.2 Å². The van der Waals surface area contributed by atoms with Gasteiger partial charge in [-0.3, -0.25) is 9.59 Å². The first-order valence-electron chi connectivity index (χ1n) is 8.62. The molecule has 1 atom stereocenters. The number of methoxy groups -OCH3 is 1. The lowest BCUT2D eigenvalue weighted by atomic mass is 10.1. The number of pyridine rings is 1. The molecule has 8 nitrogen and oxygen atoms in total. The van der Waals surface area contributed by atoms with Crippen molar-refractivity contribution in [3.63, 3.8) is 0 Å². The Bertz CT molecular complexity index is 956. The normalized spacial score (nSPS) is 12.3. The fraction of sp³-hybridized carbons (Fsp3) is 0.316. The van der Waals surface area contributed by atoms with Gasteiger partial charge in [-0.15, -0.1) is 0 Å². The molecule has 0 aliphatic heterocycles. The first-order valence-corrected chi connectivity index (χ1v) is 10.1. The highest BCUT2D eigenvalue weighted by Crippen LogP contribution is 2.16. The smallest absolute Gasteiger partial charge is 0.270 e. The molecule has 2 N–H and O–H groups in total. The molecule has 0 fully saturated rings. The summed E-state index contributed by atoms with van der Waals surface area (Å²) in [5, 5.41) is 2.84. The Hall–Kier alpha value is -2.94. The van der Waals surface area contributed by atoms with Crippen molar-refractivity contribution < 1.29 is 22.7 Å². The number of sulfonamides is 1. The second-order valence-electron chi connectivity index (χ2n) is 6.53. The molecule has 2 amide bonds. The standard InChI is InChI=1S/C19H23N3O5S/c1-12(2)13(3)21-17(23)14-7-9-15(10-8-14)28(25,26)22-18(24)16-6-5-11-20-19(16)27-4/h5-13H,1-4H3,(H,21,23)(H,22,24). The van der Waals surface area contributed by atoms with E-state index in [4.69, 9.17) is 4.74 Å². The molecule has 1 aromatic heterocycles. The van der Waals surface area contributed by atoms with Crippen molar-refractivity contribution in [2.45, 2.75) is 31.7 Å². The molecule has 0 radical (unpaired) electrons. The maximum atomic E-state index is 12.5. The van der Waals surface area contributed by atoms with E-state index in [1.165, 1.54) is 49.7 Å². The number of carbonyl (C=O) groups excluding carboxylic acids is 2. The summed E-state index contributed by atoms with van der Waals surface area (Å²) in [4.78, 5) is 28.2. The zero-order valence-corrected chi connectivity index (χ0v) is 16.9. The minimum Gasteiger partial charge on any atom is -0.480 e. The molecular weight excluding hydrogens is 382 g/mol. The van der Waals surface area contributed by atoms with Crippen LogP contribution in [-0.2, 0) is 10.0 Å². The number of aromatic nitrogens is 1. The number of benzene rings is 1. The molecule has 2 aromatic rings. The van der Waals surface area contributed by atoms with Gasteiger partial charge in [0.25, 0.3) is 21.8 Å². The summed E-state index contributed by atoms with van der Waals surface area (Å²) in [5.74, 6) is -0.878. The van der Waals surface area contributed by atoms with Crippen molar-refractivity contribution in [2.75, 3.05) is 7.11 Å². The van der Waals surface area contributed by atoms with Crippen LogP contribution in [0.5, 0.6) is 5.88 Å². The van der Waals surface area contributed by atoms with Crippen LogP contribution >= 0.6 is 0 Å². The summed E-state index contributed by atoms with van der Waals surface area (Å²) in [6.07, 6.45) is 1.42. The van der Waals surface area contributed by atoms with Crippen LogP contribution in [0.1, 0.15) is 41.5 Å². The molecule has 0 saturated heterocycles. The van der Waals surface area contributed by atoms with Crippen molar-refractivity contribution >= 4 is 21.8 Å². The average Bonchev–Trinajstić information content (AvgIpc) is 2.67. The monoisotopic (exact) mass is 405 g/mol. The number of nitrogens with one attached hydrogen (secondary N) is 2. The van der Waals surface area contributed by atoms with Crippen molar-refractivity contribution in [2.24, 2.45) is 5.92 Å². The molecule has 1 unspecified atom stereocenters. The lowest BCUT2D eigenvalue weighted by molar-refractivity contribution is 0.0928. The third-order valence-electron chi connectivity index (χ3n) is 4.22. The second kappa shape index (κ2) is 8.83. The maximum absolute atomic E-state index is 12.5. The van der Waals surface area contributed by atoms with Crippen LogP contribution in [0.3, 0.4) is 0 Å². The van der Waals surface area contributed by atoms with Gasteiger partial charge in [0, 0.05) is 17.8 Å². The minimum absolute atomic E-state index is 0.00718. The number of amides is 2. The van der Waals surface area contributed by atoms with Gasteiger partial charge in [-0.05, 0) is 49.2 Å². The van der Waals surface area contributed by atoms with Gasteiger partial charge >= 0.3 is 0 Å². The summed E-state index contributed by atoms with van der Waals surface area (Å²) < 4.78 is 31.9. The van der Waals surface area contributed by atoms with E-state index in [2.05, 4.69) is 10.3 Å². The van der Waals surface area contributed by atoms with Crippen LogP contribution in [0.25, 0.3) is 0 Å². The number of rotatable bonds is 7. The largest absolute Gasteiger partial charge is 0.480 e. The van der Waals surface area contributed by atoms with Gasteiger partial charge < -0.3 is 10.1 Å². The Kier molecular flexibility index (Phi) is 6.74. The van der Waals surface area contributed by atoms with Crippen LogP contribution in [0.4, 0.5) is 0 Å². The molecule has 150 valence electrons. The highest BCUT2D eigenvalue weighted by molar-refractivity contribution is 7.90. The van der Waals surface area contributed by atoms with E-state index < -0.39 is 15.9 Å². The SMILES string of the molecule is COc1ncccc1C(=O)NS(=O)(=O)c1ccc(C(=O)NC(C)C(C)C)cc1. The van der Waals surface area contributed by atoms with Gasteiger partial charge in [0.15, 0.2) is 0 Å². The molecule has 28 heavy (non-hydrogen) atoms. The summed E-state index contributed by atoms with van der Waals surface area (Å²) in [7, 11) is -2.80. The Morgan fingerprint density at radius 3 is 2.25 bits per heavy atom. The lowest BCUT2D eigenvalue weighted by Gasteiger charge is -2.17. The zero-order valence-electron chi connectivity index (χ0n) is 16.1. The quantitative estimate of drug-likeness (QED) is 0.728. The van der Waals surface area contributed by atoms with Crippen molar-refractivity contribution in [3.05, 3.63) is 53.7 Å². The van der Waals surface area contributed by atoms with Crippen LogP contribution < -0.4 is 14.8 Å². The van der Waals surface area contributed by atoms with E-state index in [0.717, 1.165) is 0 Å². The summed E-state index contributed by atoms with van der Waals surface area (Å²) >= 11 is 0. The van der Waals surface area contributed by atoms with Crippen LogP contribution in [-0.4, -0.2) is 38.4 Å². The fourth-order valence-corrected chi connectivity index (χ4v) is 3.17. The van der Waals surface area contributed by atoms with Crippen molar-refractivity contribution in [3.8, 4) is 5.88 Å². The molecular formula is C19H23N3O5S. The number of hydrogen-bond donors (Lipinski definition) is 2. The Labute approximate surface area is 164 Å². The van der Waals surface area contributed by atoms with Crippen molar-refractivity contribution in [1.29, 1.82) is 0 Å². The van der Waals surface area contributed by atoms with Gasteiger partial charge in [0.1, 0.15) is 5.56 Å². The molecule has 2 rings (SSSR count). The Morgan fingerprint density at radius 2 is 1.68 bits per heavy atom. The van der Waals surface area contributed by atoms with Gasteiger partial charge in [-0.2, -0.15) is 0 Å². The summed E-state index contributed by atoms with van der Waals surface area (Å²) in [6, 6.07) is 8.20. The topological polar surface area (TPSA) is 114 Å². The van der Waals surface area contributed by atoms with E-state index >= 15 is 0 Å². The van der Waals surface area contributed by atoms with E-state index in [9.17, 15) is 18.0 Å².